The van der Waals surface area contributed by atoms with E-state index in [9.17, 15) is 0 Å². The van der Waals surface area contributed by atoms with Crippen LogP contribution in [0.15, 0.2) is 36.5 Å². The molecule has 1 aromatic heterocycles. The maximum Gasteiger partial charge on any atom is 0.256 e. The van der Waals surface area contributed by atoms with Gasteiger partial charge < -0.3 is 14.8 Å². The molecule has 5 heteroatoms. The quantitative estimate of drug-likeness (QED) is 0.861. The van der Waals surface area contributed by atoms with Gasteiger partial charge in [-0.05, 0) is 28.7 Å². The number of nitrogens with zero attached hydrogens (tertiary/aromatic N) is 2. The highest BCUT2D eigenvalue weighted by Gasteiger charge is 2.23. The fraction of sp³-hybridized carbons (Fsp3) is 0.476. The topological polar surface area (TPSA) is 46.6 Å². The van der Waals surface area contributed by atoms with E-state index in [0.717, 1.165) is 31.7 Å². The van der Waals surface area contributed by atoms with Crippen LogP contribution >= 0.6 is 0 Å². The number of ether oxygens (including phenoxy) is 2. The molecular weight excluding hydrogens is 326 g/mol. The Balaban J connectivity index is 1.73. The number of aromatic nitrogens is 1. The molecule has 26 heavy (non-hydrogen) atoms. The average Bonchev–Trinajstić information content (AvgIpc) is 2.68. The van der Waals surface area contributed by atoms with Gasteiger partial charge in [-0.3, -0.25) is 4.90 Å². The van der Waals surface area contributed by atoms with Gasteiger partial charge >= 0.3 is 0 Å². The van der Waals surface area contributed by atoms with Crippen molar-refractivity contribution in [3.8, 4) is 11.6 Å². The van der Waals surface area contributed by atoms with Crippen molar-refractivity contribution in [1.29, 1.82) is 0 Å². The van der Waals surface area contributed by atoms with Gasteiger partial charge in [0.05, 0.1) is 14.2 Å². The van der Waals surface area contributed by atoms with E-state index < -0.39 is 0 Å². The van der Waals surface area contributed by atoms with Crippen molar-refractivity contribution in [3.05, 3.63) is 53.2 Å². The molecule has 0 amide bonds. The zero-order chi connectivity index (χ0) is 18.5. The Morgan fingerprint density at radius 2 is 2.04 bits per heavy atom. The van der Waals surface area contributed by atoms with Crippen LogP contribution in [0, 0.1) is 0 Å². The monoisotopic (exact) mass is 355 g/mol. The third-order valence-corrected chi connectivity index (χ3v) is 4.95. The van der Waals surface area contributed by atoms with Gasteiger partial charge in [0.15, 0.2) is 5.75 Å². The summed E-state index contributed by atoms with van der Waals surface area (Å²) in [7, 11) is 3.25. The molecule has 0 bridgehead atoms. The SMILES string of the molecule is COc1cc(CN2CCNC(c3ccccc3C(C)C)C2)cnc1OC. The highest BCUT2D eigenvalue weighted by molar-refractivity contribution is 5.36. The van der Waals surface area contributed by atoms with E-state index in [1.165, 1.54) is 11.1 Å². The molecule has 1 fully saturated rings. The molecule has 1 atom stereocenters. The summed E-state index contributed by atoms with van der Waals surface area (Å²) in [4.78, 5) is 6.83. The largest absolute Gasteiger partial charge is 0.491 e. The summed E-state index contributed by atoms with van der Waals surface area (Å²) in [6.07, 6.45) is 1.88. The molecule has 0 radical (unpaired) electrons. The van der Waals surface area contributed by atoms with Crippen molar-refractivity contribution < 1.29 is 9.47 Å². The normalized spacial score (nSPS) is 18.1. The highest BCUT2D eigenvalue weighted by Crippen LogP contribution is 2.28. The van der Waals surface area contributed by atoms with Crippen LogP contribution in [0.3, 0.4) is 0 Å². The third-order valence-electron chi connectivity index (χ3n) is 4.95. The number of hydrogen-bond acceptors (Lipinski definition) is 5. The lowest BCUT2D eigenvalue weighted by Crippen LogP contribution is -2.45. The van der Waals surface area contributed by atoms with E-state index in [1.54, 1.807) is 14.2 Å². The predicted molar refractivity (Wildman–Crippen MR) is 104 cm³/mol. The molecule has 2 heterocycles. The van der Waals surface area contributed by atoms with Gasteiger partial charge in [-0.2, -0.15) is 0 Å². The number of hydrogen-bond donors (Lipinski definition) is 1. The van der Waals surface area contributed by atoms with Crippen LogP contribution < -0.4 is 14.8 Å². The summed E-state index contributed by atoms with van der Waals surface area (Å²) in [6, 6.07) is 11.2. The van der Waals surface area contributed by atoms with E-state index >= 15 is 0 Å². The van der Waals surface area contributed by atoms with Crippen molar-refractivity contribution in [2.45, 2.75) is 32.4 Å². The lowest BCUT2D eigenvalue weighted by Gasteiger charge is -2.35. The molecule has 0 saturated carbocycles. The Hall–Kier alpha value is -2.11. The van der Waals surface area contributed by atoms with Gasteiger partial charge in [0, 0.05) is 38.4 Å². The molecule has 1 aromatic carbocycles. The van der Waals surface area contributed by atoms with Gasteiger partial charge in [-0.25, -0.2) is 4.98 Å². The van der Waals surface area contributed by atoms with Crippen molar-refractivity contribution >= 4 is 0 Å². The first-order valence-corrected chi connectivity index (χ1v) is 9.23. The number of methoxy groups -OCH3 is 2. The summed E-state index contributed by atoms with van der Waals surface area (Å²) in [5, 5.41) is 3.69. The Labute approximate surface area is 156 Å². The Morgan fingerprint density at radius 3 is 2.77 bits per heavy atom. The predicted octanol–water partition coefficient (Wildman–Crippen LogP) is 3.37. The molecular formula is C21H29N3O2. The van der Waals surface area contributed by atoms with Crippen LogP contribution in [0.2, 0.25) is 0 Å². The van der Waals surface area contributed by atoms with Crippen molar-refractivity contribution in [2.24, 2.45) is 0 Å². The number of rotatable bonds is 6. The zero-order valence-corrected chi connectivity index (χ0v) is 16.2. The fourth-order valence-corrected chi connectivity index (χ4v) is 3.63. The van der Waals surface area contributed by atoms with Crippen LogP contribution in [0.25, 0.3) is 0 Å². The number of benzene rings is 1. The minimum absolute atomic E-state index is 0.357. The van der Waals surface area contributed by atoms with Crippen LogP contribution in [0.5, 0.6) is 11.6 Å². The average molecular weight is 355 g/mol. The summed E-state index contributed by atoms with van der Waals surface area (Å²) in [5.41, 5.74) is 3.98. The van der Waals surface area contributed by atoms with Crippen molar-refractivity contribution in [1.82, 2.24) is 15.2 Å². The van der Waals surface area contributed by atoms with Crippen molar-refractivity contribution in [2.75, 3.05) is 33.9 Å². The van der Waals surface area contributed by atoms with Crippen LogP contribution in [-0.2, 0) is 6.54 Å². The molecule has 1 aliphatic rings. The molecule has 2 aromatic rings. The smallest absolute Gasteiger partial charge is 0.256 e. The third kappa shape index (κ3) is 4.17. The van der Waals surface area contributed by atoms with Gasteiger partial charge in [0.1, 0.15) is 0 Å². The van der Waals surface area contributed by atoms with Crippen molar-refractivity contribution in [3.63, 3.8) is 0 Å². The molecule has 140 valence electrons. The first kappa shape index (κ1) is 18.7. The maximum atomic E-state index is 5.38. The molecule has 1 N–H and O–H groups in total. The molecule has 1 aliphatic heterocycles. The van der Waals surface area contributed by atoms with E-state index in [-0.39, 0.29) is 0 Å². The summed E-state index contributed by atoms with van der Waals surface area (Å²) < 4.78 is 10.6. The van der Waals surface area contributed by atoms with Crippen LogP contribution in [0.1, 0.15) is 42.5 Å². The molecule has 3 rings (SSSR count). The van der Waals surface area contributed by atoms with Gasteiger partial charge in [-0.1, -0.05) is 38.1 Å². The van der Waals surface area contributed by atoms with E-state index in [1.807, 2.05) is 12.3 Å². The Morgan fingerprint density at radius 1 is 1.23 bits per heavy atom. The molecule has 0 spiro atoms. The lowest BCUT2D eigenvalue weighted by molar-refractivity contribution is 0.192. The van der Waals surface area contributed by atoms with Gasteiger partial charge in [0.25, 0.3) is 5.88 Å². The number of piperazine rings is 1. The van der Waals surface area contributed by atoms with Gasteiger partial charge in [-0.15, -0.1) is 0 Å². The molecule has 1 saturated heterocycles. The van der Waals surface area contributed by atoms with Gasteiger partial charge in [0.2, 0.25) is 0 Å². The van der Waals surface area contributed by atoms with Crippen LogP contribution in [0.4, 0.5) is 0 Å². The fourth-order valence-electron chi connectivity index (χ4n) is 3.63. The second-order valence-electron chi connectivity index (χ2n) is 7.08. The second kappa shape index (κ2) is 8.52. The zero-order valence-electron chi connectivity index (χ0n) is 16.2. The standard InChI is InChI=1S/C21H29N3O2/c1-15(2)17-7-5-6-8-18(17)19-14-24(10-9-22-19)13-16-11-20(25-3)21(26-4)23-12-16/h5-8,11-12,15,19,22H,9-10,13-14H2,1-4H3. The Kier molecular flexibility index (Phi) is 6.12. The molecule has 5 nitrogen and oxygen atoms in total. The lowest BCUT2D eigenvalue weighted by atomic mass is 9.92. The second-order valence-corrected chi connectivity index (χ2v) is 7.08. The minimum Gasteiger partial charge on any atom is -0.491 e. The molecule has 0 aliphatic carbocycles. The first-order valence-electron chi connectivity index (χ1n) is 9.23. The maximum absolute atomic E-state index is 5.38. The number of pyridine rings is 1. The summed E-state index contributed by atoms with van der Waals surface area (Å²) >= 11 is 0. The van der Waals surface area contributed by atoms with E-state index in [4.69, 9.17) is 9.47 Å². The minimum atomic E-state index is 0.357. The highest BCUT2D eigenvalue weighted by atomic mass is 16.5. The van der Waals surface area contributed by atoms with Crippen LogP contribution in [-0.4, -0.2) is 43.7 Å². The molecule has 1 unspecified atom stereocenters. The van der Waals surface area contributed by atoms with E-state index in [0.29, 0.717) is 23.6 Å². The Bertz CT molecular complexity index is 733. The number of nitrogens with one attached hydrogen (secondary N) is 1. The summed E-state index contributed by atoms with van der Waals surface area (Å²) in [5.74, 6) is 1.74. The first-order chi connectivity index (χ1) is 12.6. The van der Waals surface area contributed by atoms with E-state index in [2.05, 4.69) is 53.3 Å². The summed E-state index contributed by atoms with van der Waals surface area (Å²) in [6.45, 7) is 8.36.